The first-order valence-electron chi connectivity index (χ1n) is 4.87. The highest BCUT2D eigenvalue weighted by atomic mass is 16.5. The van der Waals surface area contributed by atoms with Crippen molar-refractivity contribution >= 4 is 0 Å². The van der Waals surface area contributed by atoms with Crippen molar-refractivity contribution in [1.82, 2.24) is 4.90 Å². The van der Waals surface area contributed by atoms with Crippen molar-refractivity contribution in [3.8, 4) is 0 Å². The predicted molar refractivity (Wildman–Crippen MR) is 50.2 cm³/mol. The smallest absolute Gasteiger partial charge is 0.185 e. The average Bonchev–Trinajstić information content (AvgIpc) is 2.50. The van der Waals surface area contributed by atoms with Crippen LogP contribution in [-0.2, 0) is 4.74 Å². The van der Waals surface area contributed by atoms with Crippen LogP contribution >= 0.6 is 0 Å². The molecule has 1 saturated heterocycles. The molecule has 2 rings (SSSR count). The first-order chi connectivity index (χ1) is 6.04. The Hall–Kier alpha value is -0.700. The maximum absolute atomic E-state index is 9.69. The highest BCUT2D eigenvalue weighted by molar-refractivity contribution is 5.12. The molecule has 0 aromatic heterocycles. The van der Waals surface area contributed by atoms with E-state index in [-0.39, 0.29) is 5.72 Å². The molecule has 1 fully saturated rings. The second-order valence-corrected chi connectivity index (χ2v) is 4.43. The lowest BCUT2D eigenvalue weighted by atomic mass is 10.0. The summed E-state index contributed by atoms with van der Waals surface area (Å²) in [5.41, 5.74) is -0.279. The van der Waals surface area contributed by atoms with Crippen molar-refractivity contribution in [2.75, 3.05) is 6.61 Å². The second kappa shape index (κ2) is 2.64. The third-order valence-electron chi connectivity index (χ3n) is 3.09. The van der Waals surface area contributed by atoms with Crippen LogP contribution in [0.1, 0.15) is 27.2 Å². The van der Waals surface area contributed by atoms with Gasteiger partial charge in [-0.2, -0.15) is 0 Å². The minimum absolute atomic E-state index is 0.279. The molecule has 0 amide bonds. The molecular weight excluding hydrogens is 166 g/mol. The number of fused-ring (bicyclic) bond motifs is 1. The molecule has 0 saturated carbocycles. The lowest BCUT2D eigenvalue weighted by molar-refractivity contribution is -0.0542. The molecule has 3 heteroatoms. The Balaban J connectivity index is 2.25. The van der Waals surface area contributed by atoms with Crippen LogP contribution in [0.5, 0.6) is 0 Å². The van der Waals surface area contributed by atoms with E-state index in [4.69, 9.17) is 4.74 Å². The van der Waals surface area contributed by atoms with Gasteiger partial charge in [0.25, 0.3) is 0 Å². The number of aliphatic hydroxyl groups excluding tert-OH is 1. The van der Waals surface area contributed by atoms with E-state index >= 15 is 0 Å². The highest BCUT2D eigenvalue weighted by Gasteiger charge is 2.48. The van der Waals surface area contributed by atoms with E-state index in [1.165, 1.54) is 0 Å². The Kier molecular flexibility index (Phi) is 1.80. The topological polar surface area (TPSA) is 32.7 Å². The zero-order valence-electron chi connectivity index (χ0n) is 8.45. The van der Waals surface area contributed by atoms with Gasteiger partial charge >= 0.3 is 0 Å². The molecule has 2 heterocycles. The van der Waals surface area contributed by atoms with Gasteiger partial charge in [0.05, 0.1) is 12.6 Å². The molecule has 0 aromatic rings. The highest BCUT2D eigenvalue weighted by Crippen LogP contribution is 2.40. The van der Waals surface area contributed by atoms with Gasteiger partial charge in [-0.15, -0.1) is 0 Å². The number of nitrogens with zero attached hydrogens (tertiary/aromatic N) is 1. The molecule has 0 unspecified atom stereocenters. The van der Waals surface area contributed by atoms with E-state index in [9.17, 15) is 5.11 Å². The van der Waals surface area contributed by atoms with Crippen LogP contribution in [0, 0.1) is 5.92 Å². The second-order valence-electron chi connectivity index (χ2n) is 4.43. The Morgan fingerprint density at radius 1 is 1.69 bits per heavy atom. The van der Waals surface area contributed by atoms with Gasteiger partial charge in [-0.3, -0.25) is 0 Å². The number of hydrogen-bond acceptors (Lipinski definition) is 3. The normalized spacial score (nSPS) is 38.3. The van der Waals surface area contributed by atoms with E-state index in [2.05, 4.69) is 13.8 Å². The average molecular weight is 183 g/mol. The van der Waals surface area contributed by atoms with Gasteiger partial charge in [0.1, 0.15) is 5.72 Å². The first-order valence-corrected chi connectivity index (χ1v) is 4.87. The number of ether oxygens (including phenoxy) is 1. The number of hydrogen-bond donors (Lipinski definition) is 1. The molecule has 0 bridgehead atoms. The molecule has 74 valence electrons. The maximum Gasteiger partial charge on any atom is 0.185 e. The quantitative estimate of drug-likeness (QED) is 0.673. The maximum atomic E-state index is 9.69. The van der Waals surface area contributed by atoms with Crippen LogP contribution in [0.2, 0.25) is 0 Å². The Morgan fingerprint density at radius 2 is 2.38 bits per heavy atom. The van der Waals surface area contributed by atoms with E-state index in [0.717, 1.165) is 13.0 Å². The van der Waals surface area contributed by atoms with Crippen molar-refractivity contribution in [1.29, 1.82) is 0 Å². The molecule has 0 aliphatic carbocycles. The van der Waals surface area contributed by atoms with Crippen molar-refractivity contribution in [3.05, 3.63) is 12.0 Å². The Morgan fingerprint density at radius 3 is 3.00 bits per heavy atom. The zero-order chi connectivity index (χ0) is 9.64. The van der Waals surface area contributed by atoms with Gasteiger partial charge < -0.3 is 14.7 Å². The summed E-state index contributed by atoms with van der Waals surface area (Å²) in [6.07, 6.45) is 2.64. The molecule has 0 aromatic carbocycles. The van der Waals surface area contributed by atoms with E-state index in [1.54, 1.807) is 0 Å². The number of aliphatic hydroxyl groups is 1. The van der Waals surface area contributed by atoms with Crippen LogP contribution in [0.4, 0.5) is 0 Å². The summed E-state index contributed by atoms with van der Waals surface area (Å²) in [5.74, 6) is 0.897. The predicted octanol–water partition coefficient (Wildman–Crippen LogP) is 1.86. The van der Waals surface area contributed by atoms with Gasteiger partial charge in [-0.1, -0.05) is 13.8 Å². The zero-order valence-corrected chi connectivity index (χ0v) is 8.45. The van der Waals surface area contributed by atoms with Crippen molar-refractivity contribution < 1.29 is 9.84 Å². The summed E-state index contributed by atoms with van der Waals surface area (Å²) < 4.78 is 5.72. The fourth-order valence-electron chi connectivity index (χ4n) is 2.20. The molecule has 1 N–H and O–H groups in total. The standard InChI is InChI=1S/C10H17NO2/c1-7(2)8-6-13-10(3)5-4-9(12)11(8)10/h4,7-8,12H,5-6H2,1-3H3/t8-,10-/m1/s1. The summed E-state index contributed by atoms with van der Waals surface area (Å²) in [4.78, 5) is 2.01. The SMILES string of the molecule is CC(C)[C@H]1CO[C@]2(C)CC=C(O)N12. The fraction of sp³-hybridized carbons (Fsp3) is 0.800. The third-order valence-corrected chi connectivity index (χ3v) is 3.09. The molecule has 2 aliphatic rings. The molecule has 0 spiro atoms. The first kappa shape index (κ1) is 8.88. The van der Waals surface area contributed by atoms with Crippen LogP contribution in [-0.4, -0.2) is 28.4 Å². The lowest BCUT2D eigenvalue weighted by Gasteiger charge is -2.33. The van der Waals surface area contributed by atoms with E-state index in [0.29, 0.717) is 17.8 Å². The molecule has 0 radical (unpaired) electrons. The summed E-state index contributed by atoms with van der Waals surface area (Å²) >= 11 is 0. The van der Waals surface area contributed by atoms with Gasteiger partial charge in [0, 0.05) is 6.42 Å². The molecule has 3 nitrogen and oxygen atoms in total. The van der Waals surface area contributed by atoms with Crippen molar-refractivity contribution in [2.45, 2.75) is 39.0 Å². The Labute approximate surface area is 79.0 Å². The molecule has 13 heavy (non-hydrogen) atoms. The van der Waals surface area contributed by atoms with Crippen LogP contribution in [0.15, 0.2) is 12.0 Å². The van der Waals surface area contributed by atoms with E-state index < -0.39 is 0 Å². The van der Waals surface area contributed by atoms with Crippen molar-refractivity contribution in [2.24, 2.45) is 5.92 Å². The monoisotopic (exact) mass is 183 g/mol. The lowest BCUT2D eigenvalue weighted by Crippen LogP contribution is -2.43. The minimum Gasteiger partial charge on any atom is -0.495 e. The van der Waals surface area contributed by atoms with Crippen molar-refractivity contribution in [3.63, 3.8) is 0 Å². The van der Waals surface area contributed by atoms with Gasteiger partial charge in [-0.25, -0.2) is 0 Å². The molecule has 2 aliphatic heterocycles. The summed E-state index contributed by atoms with van der Waals surface area (Å²) in [7, 11) is 0. The van der Waals surface area contributed by atoms with Crippen LogP contribution in [0.25, 0.3) is 0 Å². The van der Waals surface area contributed by atoms with Gasteiger partial charge in [0.15, 0.2) is 5.88 Å². The minimum atomic E-state index is -0.279. The summed E-state index contributed by atoms with van der Waals surface area (Å²) in [6.45, 7) is 7.08. The van der Waals surface area contributed by atoms with Gasteiger partial charge in [0.2, 0.25) is 0 Å². The molecule has 2 atom stereocenters. The summed E-state index contributed by atoms with van der Waals surface area (Å²) in [6, 6.07) is 0.323. The fourth-order valence-corrected chi connectivity index (χ4v) is 2.20. The largest absolute Gasteiger partial charge is 0.495 e. The number of rotatable bonds is 1. The van der Waals surface area contributed by atoms with E-state index in [1.807, 2.05) is 17.9 Å². The van der Waals surface area contributed by atoms with Crippen LogP contribution < -0.4 is 0 Å². The Bertz CT molecular complexity index is 249. The molecular formula is C10H17NO2. The summed E-state index contributed by atoms with van der Waals surface area (Å²) in [5, 5.41) is 9.69. The van der Waals surface area contributed by atoms with Gasteiger partial charge in [-0.05, 0) is 18.9 Å². The van der Waals surface area contributed by atoms with Crippen LogP contribution in [0.3, 0.4) is 0 Å². The third kappa shape index (κ3) is 1.14.